The molecule has 0 aliphatic rings. The number of ether oxygens (including phenoxy) is 1. The highest BCUT2D eigenvalue weighted by molar-refractivity contribution is 5.95. The van der Waals surface area contributed by atoms with Gasteiger partial charge >= 0.3 is 0 Å². The van der Waals surface area contributed by atoms with E-state index in [1.165, 1.54) is 18.2 Å². The second-order valence-electron chi connectivity index (χ2n) is 4.06. The minimum Gasteiger partial charge on any atom is -0.486 e. The molecule has 20 heavy (non-hydrogen) atoms. The summed E-state index contributed by atoms with van der Waals surface area (Å²) in [6, 6.07) is 7.03. The summed E-state index contributed by atoms with van der Waals surface area (Å²) in [6.45, 7) is -0.298. The summed E-state index contributed by atoms with van der Waals surface area (Å²) in [6.07, 6.45) is 0. The Kier molecular flexibility index (Phi) is 3.93. The van der Waals surface area contributed by atoms with E-state index in [1.54, 1.807) is 0 Å². The molecule has 104 valence electrons. The van der Waals surface area contributed by atoms with Crippen molar-refractivity contribution in [3.63, 3.8) is 0 Å². The van der Waals surface area contributed by atoms with Crippen molar-refractivity contribution in [1.29, 1.82) is 5.41 Å². The van der Waals surface area contributed by atoms with Crippen LogP contribution in [0.5, 0.6) is 5.75 Å². The van der Waals surface area contributed by atoms with E-state index in [0.717, 1.165) is 18.2 Å². The molecule has 0 aliphatic heterocycles. The van der Waals surface area contributed by atoms with Crippen molar-refractivity contribution < 1.29 is 17.9 Å². The molecule has 2 aromatic rings. The van der Waals surface area contributed by atoms with E-state index in [9.17, 15) is 13.2 Å². The lowest BCUT2D eigenvalue weighted by molar-refractivity contribution is 0.283. The third-order valence-corrected chi connectivity index (χ3v) is 2.65. The lowest BCUT2D eigenvalue weighted by Crippen LogP contribution is -2.14. The molecule has 2 aromatic carbocycles. The number of nitrogens with one attached hydrogen (secondary N) is 1. The first-order chi connectivity index (χ1) is 9.49. The zero-order chi connectivity index (χ0) is 14.7. The second-order valence-corrected chi connectivity index (χ2v) is 4.06. The summed E-state index contributed by atoms with van der Waals surface area (Å²) >= 11 is 0. The van der Waals surface area contributed by atoms with Crippen LogP contribution in [0.1, 0.15) is 11.1 Å². The Morgan fingerprint density at radius 3 is 2.60 bits per heavy atom. The van der Waals surface area contributed by atoms with Gasteiger partial charge in [-0.3, -0.25) is 5.41 Å². The van der Waals surface area contributed by atoms with Crippen LogP contribution in [0, 0.1) is 22.9 Å². The molecule has 6 heteroatoms. The maximum atomic E-state index is 13.9. The van der Waals surface area contributed by atoms with Gasteiger partial charge in [0.15, 0.2) is 11.6 Å². The lowest BCUT2D eigenvalue weighted by Gasteiger charge is -2.10. The number of hydrogen-bond acceptors (Lipinski definition) is 2. The highest BCUT2D eigenvalue weighted by atomic mass is 19.1. The largest absolute Gasteiger partial charge is 0.486 e. The minimum atomic E-state index is -0.741. The first-order valence-corrected chi connectivity index (χ1v) is 5.68. The number of hydrogen-bond donors (Lipinski definition) is 2. The number of nitrogen functional groups attached to an aromatic ring is 1. The Morgan fingerprint density at radius 2 is 1.90 bits per heavy atom. The van der Waals surface area contributed by atoms with Crippen molar-refractivity contribution in [2.24, 2.45) is 5.73 Å². The van der Waals surface area contributed by atoms with Gasteiger partial charge in [0.25, 0.3) is 0 Å². The number of halogens is 3. The van der Waals surface area contributed by atoms with Gasteiger partial charge in [-0.2, -0.15) is 0 Å². The van der Waals surface area contributed by atoms with Gasteiger partial charge in [0.05, 0.1) is 5.56 Å². The van der Waals surface area contributed by atoms with Crippen LogP contribution in [0.15, 0.2) is 36.4 Å². The third kappa shape index (κ3) is 2.90. The molecular formula is C14H11F3N2O. The molecule has 0 aliphatic carbocycles. The van der Waals surface area contributed by atoms with Gasteiger partial charge in [-0.1, -0.05) is 12.1 Å². The summed E-state index contributed by atoms with van der Waals surface area (Å²) in [5.41, 5.74) is 5.26. The number of nitrogens with two attached hydrogens (primary N) is 1. The zero-order valence-electron chi connectivity index (χ0n) is 10.3. The first kappa shape index (κ1) is 13.9. The number of amidine groups is 1. The van der Waals surface area contributed by atoms with E-state index in [4.69, 9.17) is 15.9 Å². The molecule has 0 radical (unpaired) electrons. The molecular weight excluding hydrogens is 269 g/mol. The summed E-state index contributed by atoms with van der Waals surface area (Å²) in [5.74, 6) is -2.83. The van der Waals surface area contributed by atoms with Crippen LogP contribution in [0.2, 0.25) is 0 Å². The van der Waals surface area contributed by atoms with Crippen molar-refractivity contribution in [1.82, 2.24) is 0 Å². The molecule has 3 nitrogen and oxygen atoms in total. The number of benzene rings is 2. The Hall–Kier alpha value is -2.50. The smallest absolute Gasteiger partial charge is 0.165 e. The molecule has 3 N–H and O–H groups in total. The molecule has 0 fully saturated rings. The predicted octanol–water partition coefficient (Wildman–Crippen LogP) is 2.97. The predicted molar refractivity (Wildman–Crippen MR) is 68.1 cm³/mol. The van der Waals surface area contributed by atoms with Gasteiger partial charge in [-0.15, -0.1) is 0 Å². The van der Waals surface area contributed by atoms with Crippen LogP contribution in [0.25, 0.3) is 0 Å². The van der Waals surface area contributed by atoms with E-state index in [-0.39, 0.29) is 23.5 Å². The Morgan fingerprint density at radius 1 is 1.15 bits per heavy atom. The maximum absolute atomic E-state index is 13.9. The Labute approximate surface area is 113 Å². The van der Waals surface area contributed by atoms with Crippen LogP contribution in [-0.2, 0) is 6.61 Å². The number of rotatable bonds is 4. The van der Waals surface area contributed by atoms with Crippen molar-refractivity contribution in [3.05, 3.63) is 65.0 Å². The topological polar surface area (TPSA) is 59.1 Å². The van der Waals surface area contributed by atoms with Crippen molar-refractivity contribution in [3.8, 4) is 5.75 Å². The molecule has 0 atom stereocenters. The van der Waals surface area contributed by atoms with Gasteiger partial charge in [-0.25, -0.2) is 13.2 Å². The molecule has 0 spiro atoms. The highest BCUT2D eigenvalue weighted by Gasteiger charge is 2.12. The third-order valence-electron chi connectivity index (χ3n) is 2.65. The summed E-state index contributed by atoms with van der Waals surface area (Å²) in [4.78, 5) is 0. The Balaban J connectivity index is 2.21. The van der Waals surface area contributed by atoms with Crippen LogP contribution >= 0.6 is 0 Å². The van der Waals surface area contributed by atoms with E-state index in [0.29, 0.717) is 0 Å². The average molecular weight is 280 g/mol. The van der Waals surface area contributed by atoms with Gasteiger partial charge in [0.1, 0.15) is 24.1 Å². The second kappa shape index (κ2) is 5.64. The Bertz CT molecular complexity index is 659. The monoisotopic (exact) mass is 280 g/mol. The van der Waals surface area contributed by atoms with E-state index >= 15 is 0 Å². The molecule has 0 heterocycles. The molecule has 0 saturated carbocycles. The molecule has 0 amide bonds. The first-order valence-electron chi connectivity index (χ1n) is 5.68. The van der Waals surface area contributed by atoms with Crippen LogP contribution in [0.3, 0.4) is 0 Å². The van der Waals surface area contributed by atoms with Gasteiger partial charge in [0, 0.05) is 11.6 Å². The van der Waals surface area contributed by atoms with E-state index < -0.39 is 23.3 Å². The van der Waals surface area contributed by atoms with Gasteiger partial charge < -0.3 is 10.5 Å². The fourth-order valence-corrected chi connectivity index (χ4v) is 1.64. The SMILES string of the molecule is N=C(N)c1cccc(COc2cc(F)ccc2F)c1F. The van der Waals surface area contributed by atoms with Crippen LogP contribution in [0.4, 0.5) is 13.2 Å². The minimum absolute atomic E-state index is 0.0641. The standard InChI is InChI=1S/C14H11F3N2O/c15-9-4-5-11(16)12(6-9)20-7-8-2-1-3-10(13(8)17)14(18)19/h1-6H,7H2,(H3,18,19). The van der Waals surface area contributed by atoms with Gasteiger partial charge in [-0.05, 0) is 18.2 Å². The summed E-state index contributed by atoms with van der Waals surface area (Å²) in [7, 11) is 0. The zero-order valence-corrected chi connectivity index (χ0v) is 10.3. The molecule has 0 aromatic heterocycles. The highest BCUT2D eigenvalue weighted by Crippen LogP contribution is 2.21. The summed E-state index contributed by atoms with van der Waals surface area (Å²) in [5, 5.41) is 7.22. The maximum Gasteiger partial charge on any atom is 0.165 e. The van der Waals surface area contributed by atoms with E-state index in [1.807, 2.05) is 0 Å². The molecule has 2 rings (SSSR count). The fourth-order valence-electron chi connectivity index (χ4n) is 1.64. The molecule has 0 bridgehead atoms. The van der Waals surface area contributed by atoms with Crippen LogP contribution < -0.4 is 10.5 Å². The lowest BCUT2D eigenvalue weighted by atomic mass is 10.1. The van der Waals surface area contributed by atoms with Gasteiger partial charge in [0.2, 0.25) is 0 Å². The quantitative estimate of drug-likeness (QED) is 0.668. The molecule has 0 saturated heterocycles. The van der Waals surface area contributed by atoms with Crippen LogP contribution in [-0.4, -0.2) is 5.84 Å². The van der Waals surface area contributed by atoms with Crippen molar-refractivity contribution in [2.45, 2.75) is 6.61 Å². The van der Waals surface area contributed by atoms with Crippen molar-refractivity contribution in [2.75, 3.05) is 0 Å². The fraction of sp³-hybridized carbons (Fsp3) is 0.0714. The van der Waals surface area contributed by atoms with E-state index in [2.05, 4.69) is 0 Å². The normalized spacial score (nSPS) is 10.3. The molecule has 0 unspecified atom stereocenters. The summed E-state index contributed by atoms with van der Waals surface area (Å²) < 4.78 is 45.3. The average Bonchev–Trinajstić information content (AvgIpc) is 2.41. The van der Waals surface area contributed by atoms with Crippen molar-refractivity contribution >= 4 is 5.84 Å².